The number of aliphatic hydroxyl groups excluding tert-OH is 1. The average Bonchev–Trinajstić information content (AvgIpc) is 3.18. The fraction of sp³-hybridized carbons (Fsp3) is 0.318. The zero-order chi connectivity index (χ0) is 21.1. The Kier molecular flexibility index (Phi) is 6.06. The molecule has 8 heteroatoms. The quantitative estimate of drug-likeness (QED) is 0.639. The van der Waals surface area contributed by atoms with Gasteiger partial charge in [0.2, 0.25) is 0 Å². The molecule has 1 aliphatic rings. The molecule has 5 nitrogen and oxygen atoms in total. The summed E-state index contributed by atoms with van der Waals surface area (Å²) in [5.74, 6) is -2.02. The van der Waals surface area contributed by atoms with E-state index in [0.717, 1.165) is 17.7 Å². The molecule has 2 aromatic carbocycles. The number of aliphatic hydroxyl groups is 1. The first kappa shape index (κ1) is 20.4. The van der Waals surface area contributed by atoms with Crippen molar-refractivity contribution in [1.29, 1.82) is 0 Å². The minimum atomic E-state index is -0.952. The van der Waals surface area contributed by atoms with E-state index < -0.39 is 23.8 Å². The molecule has 3 atom stereocenters. The van der Waals surface area contributed by atoms with Crippen LogP contribution in [0.25, 0.3) is 0 Å². The number of rotatable bonds is 6. The van der Waals surface area contributed by atoms with Crippen LogP contribution in [0.5, 0.6) is 0 Å². The van der Waals surface area contributed by atoms with Crippen LogP contribution in [-0.4, -0.2) is 34.2 Å². The lowest BCUT2D eigenvalue weighted by molar-refractivity contribution is -0.0424. The highest BCUT2D eigenvalue weighted by Crippen LogP contribution is 2.32. The van der Waals surface area contributed by atoms with Gasteiger partial charge in [0.25, 0.3) is 0 Å². The van der Waals surface area contributed by atoms with Crippen LogP contribution in [0.1, 0.15) is 23.6 Å². The van der Waals surface area contributed by atoms with E-state index in [0.29, 0.717) is 31.0 Å². The SMILES string of the molecule is O[C@H]1CCOC[C@H]1[C@H](Nc1ccn(Cc2ccc(F)cc2)n1)c1ccc(F)c(F)c1. The van der Waals surface area contributed by atoms with Crippen molar-refractivity contribution in [2.75, 3.05) is 18.5 Å². The van der Waals surface area contributed by atoms with E-state index in [1.165, 1.54) is 18.2 Å². The second-order valence-electron chi connectivity index (χ2n) is 7.42. The molecule has 2 heterocycles. The molecule has 30 heavy (non-hydrogen) atoms. The zero-order valence-electron chi connectivity index (χ0n) is 16.1. The summed E-state index contributed by atoms with van der Waals surface area (Å²) in [7, 11) is 0. The van der Waals surface area contributed by atoms with Gasteiger partial charge in [0.1, 0.15) is 11.6 Å². The lowest BCUT2D eigenvalue weighted by Crippen LogP contribution is -2.39. The monoisotopic (exact) mass is 417 g/mol. The predicted molar refractivity (Wildman–Crippen MR) is 105 cm³/mol. The Morgan fingerprint density at radius 3 is 2.63 bits per heavy atom. The Labute approximate surface area is 172 Å². The molecule has 0 saturated carbocycles. The summed E-state index contributed by atoms with van der Waals surface area (Å²) in [5.41, 5.74) is 1.39. The van der Waals surface area contributed by atoms with Crippen molar-refractivity contribution in [3.8, 4) is 0 Å². The molecule has 0 bridgehead atoms. The first-order chi connectivity index (χ1) is 14.5. The molecule has 1 aliphatic heterocycles. The fourth-order valence-electron chi connectivity index (χ4n) is 3.67. The van der Waals surface area contributed by atoms with Crippen molar-refractivity contribution in [1.82, 2.24) is 9.78 Å². The van der Waals surface area contributed by atoms with Crippen molar-refractivity contribution in [2.45, 2.75) is 25.1 Å². The minimum absolute atomic E-state index is 0.286. The van der Waals surface area contributed by atoms with E-state index >= 15 is 0 Å². The van der Waals surface area contributed by atoms with E-state index in [2.05, 4.69) is 10.4 Å². The Morgan fingerprint density at radius 1 is 1.10 bits per heavy atom. The summed E-state index contributed by atoms with van der Waals surface area (Å²) in [6.45, 7) is 1.19. The second kappa shape index (κ2) is 8.89. The maximum absolute atomic E-state index is 13.9. The molecular weight excluding hydrogens is 395 g/mol. The molecule has 158 valence electrons. The van der Waals surface area contributed by atoms with Crippen molar-refractivity contribution >= 4 is 5.82 Å². The van der Waals surface area contributed by atoms with Gasteiger partial charge in [-0.15, -0.1) is 0 Å². The van der Waals surface area contributed by atoms with Crippen LogP contribution in [0.4, 0.5) is 19.0 Å². The molecule has 1 fully saturated rings. The van der Waals surface area contributed by atoms with Crippen molar-refractivity contribution < 1.29 is 23.0 Å². The van der Waals surface area contributed by atoms with Crippen LogP contribution in [0.3, 0.4) is 0 Å². The predicted octanol–water partition coefficient (Wildman–Crippen LogP) is 3.90. The summed E-state index contributed by atoms with van der Waals surface area (Å²) in [4.78, 5) is 0. The normalized spacial score (nSPS) is 20.1. The molecule has 4 rings (SSSR count). The Hall–Kier alpha value is -2.84. The molecule has 0 aliphatic carbocycles. The van der Waals surface area contributed by atoms with Gasteiger partial charge >= 0.3 is 0 Å². The van der Waals surface area contributed by atoms with Crippen LogP contribution >= 0.6 is 0 Å². The third-order valence-corrected chi connectivity index (χ3v) is 5.30. The first-order valence-corrected chi connectivity index (χ1v) is 9.75. The molecule has 2 N–H and O–H groups in total. The highest BCUT2D eigenvalue weighted by molar-refractivity contribution is 5.38. The van der Waals surface area contributed by atoms with Crippen molar-refractivity contribution in [3.63, 3.8) is 0 Å². The number of halogens is 3. The molecule has 1 saturated heterocycles. The number of benzene rings is 2. The van der Waals surface area contributed by atoms with E-state index in [4.69, 9.17) is 4.74 Å². The van der Waals surface area contributed by atoms with Crippen LogP contribution in [0.2, 0.25) is 0 Å². The molecule has 0 amide bonds. The molecular formula is C22H22F3N3O2. The maximum Gasteiger partial charge on any atom is 0.159 e. The summed E-state index contributed by atoms with van der Waals surface area (Å²) in [6.07, 6.45) is 1.58. The smallest absolute Gasteiger partial charge is 0.159 e. The van der Waals surface area contributed by atoms with Crippen molar-refractivity contribution in [2.24, 2.45) is 5.92 Å². The molecule has 0 unspecified atom stereocenters. The summed E-state index contributed by atoms with van der Waals surface area (Å²) in [5, 5.41) is 18.2. The Morgan fingerprint density at radius 2 is 1.90 bits per heavy atom. The van der Waals surface area contributed by atoms with Gasteiger partial charge in [-0.1, -0.05) is 18.2 Å². The minimum Gasteiger partial charge on any atom is -0.393 e. The molecule has 0 spiro atoms. The van der Waals surface area contributed by atoms with Gasteiger partial charge in [0, 0.05) is 24.8 Å². The third kappa shape index (κ3) is 4.66. The van der Waals surface area contributed by atoms with Crippen LogP contribution in [0, 0.1) is 23.4 Å². The number of nitrogens with zero attached hydrogens (tertiary/aromatic N) is 2. The molecule has 1 aromatic heterocycles. The Bertz CT molecular complexity index is 994. The van der Waals surface area contributed by atoms with Gasteiger partial charge in [-0.25, -0.2) is 13.2 Å². The van der Waals surface area contributed by atoms with Gasteiger partial charge < -0.3 is 15.2 Å². The highest BCUT2D eigenvalue weighted by atomic mass is 19.2. The van der Waals surface area contributed by atoms with E-state index in [-0.39, 0.29) is 18.3 Å². The van der Waals surface area contributed by atoms with Crippen LogP contribution < -0.4 is 5.32 Å². The maximum atomic E-state index is 13.9. The van der Waals surface area contributed by atoms with Gasteiger partial charge in [-0.3, -0.25) is 4.68 Å². The van der Waals surface area contributed by atoms with E-state index in [1.54, 1.807) is 29.1 Å². The number of nitrogens with one attached hydrogen (secondary N) is 1. The van der Waals surface area contributed by atoms with Crippen molar-refractivity contribution in [3.05, 3.63) is 83.3 Å². The number of ether oxygens (including phenoxy) is 1. The number of hydrogen-bond donors (Lipinski definition) is 2. The summed E-state index contributed by atoms with van der Waals surface area (Å²) in [6, 6.07) is 11.1. The van der Waals surface area contributed by atoms with Crippen LogP contribution in [0.15, 0.2) is 54.7 Å². The summed E-state index contributed by atoms with van der Waals surface area (Å²) >= 11 is 0. The first-order valence-electron chi connectivity index (χ1n) is 9.75. The Balaban J connectivity index is 1.56. The van der Waals surface area contributed by atoms with Crippen LogP contribution in [-0.2, 0) is 11.3 Å². The number of hydrogen-bond acceptors (Lipinski definition) is 4. The lowest BCUT2D eigenvalue weighted by Gasteiger charge is -2.35. The van der Waals surface area contributed by atoms with E-state index in [9.17, 15) is 18.3 Å². The molecule has 3 aromatic rings. The largest absolute Gasteiger partial charge is 0.393 e. The summed E-state index contributed by atoms with van der Waals surface area (Å²) < 4.78 is 47.6. The lowest BCUT2D eigenvalue weighted by atomic mass is 9.86. The van der Waals surface area contributed by atoms with Gasteiger partial charge in [-0.05, 0) is 41.8 Å². The van der Waals surface area contributed by atoms with Gasteiger partial charge in [0.15, 0.2) is 11.6 Å². The molecule has 0 radical (unpaired) electrons. The second-order valence-corrected chi connectivity index (χ2v) is 7.42. The number of aromatic nitrogens is 2. The third-order valence-electron chi connectivity index (χ3n) is 5.30. The topological polar surface area (TPSA) is 59.3 Å². The van der Waals surface area contributed by atoms with Gasteiger partial charge in [0.05, 0.1) is 25.3 Å². The highest BCUT2D eigenvalue weighted by Gasteiger charge is 2.33. The van der Waals surface area contributed by atoms with Gasteiger partial charge in [-0.2, -0.15) is 5.10 Å². The zero-order valence-corrected chi connectivity index (χ0v) is 16.1. The average molecular weight is 417 g/mol. The van der Waals surface area contributed by atoms with E-state index in [1.807, 2.05) is 0 Å². The standard InChI is InChI=1S/C22H22F3N3O2/c23-16-4-1-14(2-5-16)12-28-9-7-21(27-28)26-22(17-13-30-10-8-20(17)29)15-3-6-18(24)19(25)11-15/h1-7,9,11,17,20,22,29H,8,10,12-13H2,(H,26,27)/t17-,20+,22-/m1/s1. The number of anilines is 1. The fourth-order valence-corrected chi connectivity index (χ4v) is 3.67.